The molecular formula is C17H26N6O2. The number of amides is 2. The van der Waals surface area contributed by atoms with Crippen molar-refractivity contribution in [1.82, 2.24) is 26.3 Å². The maximum atomic E-state index is 11.9. The van der Waals surface area contributed by atoms with E-state index in [-0.39, 0.29) is 17.7 Å². The molecular weight excluding hydrogens is 320 g/mol. The molecule has 0 bridgehead atoms. The molecule has 1 aromatic rings. The highest BCUT2D eigenvalue weighted by atomic mass is 16.2. The van der Waals surface area contributed by atoms with E-state index < -0.39 is 0 Å². The number of hydrogen-bond acceptors (Lipinski definition) is 4. The average Bonchev–Trinajstić information content (AvgIpc) is 3.47. The summed E-state index contributed by atoms with van der Waals surface area (Å²) in [5.74, 6) is 0.864. The molecule has 0 atom stereocenters. The molecule has 0 unspecified atom stereocenters. The lowest BCUT2D eigenvalue weighted by Gasteiger charge is -2.12. The summed E-state index contributed by atoms with van der Waals surface area (Å²) in [6.07, 6.45) is 5.17. The maximum absolute atomic E-state index is 11.9. The van der Waals surface area contributed by atoms with Crippen molar-refractivity contribution in [3.63, 3.8) is 0 Å². The monoisotopic (exact) mass is 346 g/mol. The van der Waals surface area contributed by atoms with Gasteiger partial charge >= 0.3 is 0 Å². The standard InChI is InChI=1S/C17H26N6O2/c1-2-19-17(22-10-8-20-15(24)13-5-6-13)23-11-9-21-16(25)14-4-3-7-18-12-14/h3-4,7,12-13H,2,5-6,8-11H2,1H3,(H,20,24)(H,21,25)(H2,19,22,23). The third-order valence-electron chi connectivity index (χ3n) is 3.60. The Hall–Kier alpha value is -2.64. The number of guanidine groups is 1. The van der Waals surface area contributed by atoms with Gasteiger partial charge in [0.05, 0.1) is 12.1 Å². The number of nitrogens with zero attached hydrogens (tertiary/aromatic N) is 2. The van der Waals surface area contributed by atoms with Gasteiger partial charge in [-0.3, -0.25) is 19.6 Å². The van der Waals surface area contributed by atoms with Crippen LogP contribution in [0.4, 0.5) is 0 Å². The molecule has 136 valence electrons. The Morgan fingerprint density at radius 1 is 1.16 bits per heavy atom. The summed E-state index contributed by atoms with van der Waals surface area (Å²) in [6.45, 7) is 4.78. The smallest absolute Gasteiger partial charge is 0.252 e. The van der Waals surface area contributed by atoms with Gasteiger partial charge in [-0.15, -0.1) is 0 Å². The fourth-order valence-electron chi connectivity index (χ4n) is 2.13. The first-order valence-corrected chi connectivity index (χ1v) is 8.68. The lowest BCUT2D eigenvalue weighted by Crippen LogP contribution is -2.42. The van der Waals surface area contributed by atoms with Crippen LogP contribution in [-0.2, 0) is 4.79 Å². The zero-order valence-electron chi connectivity index (χ0n) is 14.5. The molecule has 2 rings (SSSR count). The fraction of sp³-hybridized carbons (Fsp3) is 0.529. The average molecular weight is 346 g/mol. The molecule has 1 heterocycles. The van der Waals surface area contributed by atoms with Crippen LogP contribution in [0, 0.1) is 5.92 Å². The number of aromatic nitrogens is 1. The highest BCUT2D eigenvalue weighted by molar-refractivity contribution is 5.93. The summed E-state index contributed by atoms with van der Waals surface area (Å²) >= 11 is 0. The maximum Gasteiger partial charge on any atom is 0.252 e. The van der Waals surface area contributed by atoms with E-state index in [2.05, 4.69) is 31.2 Å². The van der Waals surface area contributed by atoms with Crippen molar-refractivity contribution in [2.75, 3.05) is 32.7 Å². The molecule has 8 nitrogen and oxygen atoms in total. The van der Waals surface area contributed by atoms with Crippen LogP contribution < -0.4 is 21.3 Å². The van der Waals surface area contributed by atoms with E-state index in [1.807, 2.05) is 6.92 Å². The Kier molecular flexibility index (Phi) is 7.68. The Morgan fingerprint density at radius 3 is 2.64 bits per heavy atom. The summed E-state index contributed by atoms with van der Waals surface area (Å²) in [5.41, 5.74) is 0.537. The summed E-state index contributed by atoms with van der Waals surface area (Å²) in [4.78, 5) is 31.7. The van der Waals surface area contributed by atoms with Gasteiger partial charge in [0.1, 0.15) is 0 Å². The second-order valence-corrected chi connectivity index (χ2v) is 5.75. The first-order chi connectivity index (χ1) is 12.2. The molecule has 0 saturated heterocycles. The molecule has 4 N–H and O–H groups in total. The molecule has 2 amide bonds. The van der Waals surface area contributed by atoms with Crippen molar-refractivity contribution >= 4 is 17.8 Å². The van der Waals surface area contributed by atoms with Crippen LogP contribution in [0.3, 0.4) is 0 Å². The zero-order valence-corrected chi connectivity index (χ0v) is 14.5. The Labute approximate surface area is 147 Å². The third kappa shape index (κ3) is 7.19. The van der Waals surface area contributed by atoms with Gasteiger partial charge in [-0.1, -0.05) is 0 Å². The quantitative estimate of drug-likeness (QED) is 0.284. The largest absolute Gasteiger partial charge is 0.357 e. The normalized spacial score (nSPS) is 13.9. The number of carbonyl (C=O) groups is 2. The van der Waals surface area contributed by atoms with E-state index in [0.29, 0.717) is 37.7 Å². The lowest BCUT2D eigenvalue weighted by atomic mass is 10.3. The minimum absolute atomic E-state index is 0.131. The fourth-order valence-corrected chi connectivity index (χ4v) is 2.13. The van der Waals surface area contributed by atoms with Gasteiger partial charge in [0.25, 0.3) is 5.91 Å². The summed E-state index contributed by atoms with van der Waals surface area (Å²) < 4.78 is 0. The Balaban J connectivity index is 1.63. The second-order valence-electron chi connectivity index (χ2n) is 5.75. The van der Waals surface area contributed by atoms with Gasteiger partial charge in [0, 0.05) is 44.5 Å². The van der Waals surface area contributed by atoms with E-state index >= 15 is 0 Å². The number of rotatable bonds is 9. The molecule has 1 aliphatic carbocycles. The first-order valence-electron chi connectivity index (χ1n) is 8.68. The predicted octanol–water partition coefficient (Wildman–Crippen LogP) is -0.107. The highest BCUT2D eigenvalue weighted by Crippen LogP contribution is 2.28. The Morgan fingerprint density at radius 2 is 1.96 bits per heavy atom. The second kappa shape index (κ2) is 10.3. The van der Waals surface area contributed by atoms with E-state index in [1.165, 1.54) is 6.20 Å². The number of pyridine rings is 1. The van der Waals surface area contributed by atoms with Crippen LogP contribution in [0.15, 0.2) is 29.5 Å². The van der Waals surface area contributed by atoms with E-state index in [1.54, 1.807) is 18.3 Å². The van der Waals surface area contributed by atoms with Crippen LogP contribution in [0.25, 0.3) is 0 Å². The highest BCUT2D eigenvalue weighted by Gasteiger charge is 2.28. The molecule has 0 spiro atoms. The van der Waals surface area contributed by atoms with Crippen molar-refractivity contribution in [2.45, 2.75) is 19.8 Å². The minimum Gasteiger partial charge on any atom is -0.357 e. The zero-order chi connectivity index (χ0) is 17.9. The van der Waals surface area contributed by atoms with Crippen molar-refractivity contribution in [3.05, 3.63) is 30.1 Å². The minimum atomic E-state index is -0.153. The molecule has 1 aromatic heterocycles. The van der Waals surface area contributed by atoms with Crippen molar-refractivity contribution in [2.24, 2.45) is 10.9 Å². The lowest BCUT2D eigenvalue weighted by molar-refractivity contribution is -0.122. The molecule has 0 radical (unpaired) electrons. The van der Waals surface area contributed by atoms with Crippen molar-refractivity contribution < 1.29 is 9.59 Å². The predicted molar refractivity (Wildman–Crippen MR) is 96.3 cm³/mol. The molecule has 25 heavy (non-hydrogen) atoms. The number of hydrogen-bond donors (Lipinski definition) is 4. The van der Waals surface area contributed by atoms with Crippen molar-refractivity contribution in [3.8, 4) is 0 Å². The van der Waals surface area contributed by atoms with E-state index in [9.17, 15) is 9.59 Å². The number of aliphatic imine (C=N–C) groups is 1. The van der Waals surface area contributed by atoms with Gasteiger partial charge in [0.15, 0.2) is 5.96 Å². The van der Waals surface area contributed by atoms with Gasteiger partial charge < -0.3 is 21.3 Å². The molecule has 0 aromatic carbocycles. The third-order valence-corrected chi connectivity index (χ3v) is 3.60. The molecule has 1 aliphatic rings. The van der Waals surface area contributed by atoms with E-state index in [0.717, 1.165) is 19.4 Å². The van der Waals surface area contributed by atoms with E-state index in [4.69, 9.17) is 0 Å². The van der Waals surface area contributed by atoms with Crippen LogP contribution >= 0.6 is 0 Å². The van der Waals surface area contributed by atoms with Crippen molar-refractivity contribution in [1.29, 1.82) is 0 Å². The summed E-state index contributed by atoms with van der Waals surface area (Å²) in [5, 5.41) is 12.0. The molecule has 8 heteroatoms. The topological polar surface area (TPSA) is 108 Å². The first kappa shape index (κ1) is 18.7. The van der Waals surface area contributed by atoms with Crippen LogP contribution in [-0.4, -0.2) is 55.5 Å². The SMILES string of the molecule is CCNC(=NCCNC(=O)C1CC1)NCCNC(=O)c1cccnc1. The Bertz CT molecular complexity index is 586. The van der Waals surface area contributed by atoms with Crippen LogP contribution in [0.5, 0.6) is 0 Å². The van der Waals surface area contributed by atoms with Gasteiger partial charge in [-0.2, -0.15) is 0 Å². The van der Waals surface area contributed by atoms with Crippen LogP contribution in [0.2, 0.25) is 0 Å². The van der Waals surface area contributed by atoms with Gasteiger partial charge in [0.2, 0.25) is 5.91 Å². The van der Waals surface area contributed by atoms with Crippen LogP contribution in [0.1, 0.15) is 30.1 Å². The number of carbonyl (C=O) groups excluding carboxylic acids is 2. The van der Waals surface area contributed by atoms with Gasteiger partial charge in [-0.05, 0) is 31.9 Å². The molecule has 1 saturated carbocycles. The number of nitrogens with one attached hydrogen (secondary N) is 4. The van der Waals surface area contributed by atoms with Gasteiger partial charge in [-0.25, -0.2) is 0 Å². The molecule has 0 aliphatic heterocycles. The summed E-state index contributed by atoms with van der Waals surface area (Å²) in [6, 6.07) is 3.45. The molecule has 1 fully saturated rings. The summed E-state index contributed by atoms with van der Waals surface area (Å²) in [7, 11) is 0.